The summed E-state index contributed by atoms with van der Waals surface area (Å²) in [6, 6.07) is 7.20. The number of ether oxygens (including phenoxy) is 1. The predicted molar refractivity (Wildman–Crippen MR) is 97.3 cm³/mol. The first-order valence-electron chi connectivity index (χ1n) is 7.89. The summed E-state index contributed by atoms with van der Waals surface area (Å²) in [4.78, 5) is 26.4. The number of aryl methyl sites for hydroxylation is 1. The van der Waals surface area contributed by atoms with Crippen LogP contribution in [0, 0.1) is 6.92 Å². The summed E-state index contributed by atoms with van der Waals surface area (Å²) in [5.41, 5.74) is 1.77. The Balaban J connectivity index is 1.82. The first-order valence-corrected chi connectivity index (χ1v) is 9.04. The highest BCUT2D eigenvalue weighted by Crippen LogP contribution is 2.36. The molecule has 0 spiro atoms. The molecule has 3 rings (SSSR count). The third-order valence-corrected chi connectivity index (χ3v) is 5.45. The van der Waals surface area contributed by atoms with Crippen LogP contribution < -0.4 is 5.32 Å². The van der Waals surface area contributed by atoms with Crippen molar-refractivity contribution in [2.75, 3.05) is 19.0 Å². The quantitative estimate of drug-likeness (QED) is 0.809. The van der Waals surface area contributed by atoms with Crippen molar-refractivity contribution in [1.82, 2.24) is 9.27 Å². The molecule has 2 heterocycles. The highest BCUT2D eigenvalue weighted by atomic mass is 35.5. The molecule has 1 aliphatic rings. The van der Waals surface area contributed by atoms with Crippen molar-refractivity contribution in [3.63, 3.8) is 0 Å². The second-order valence-corrected chi connectivity index (χ2v) is 6.95. The van der Waals surface area contributed by atoms with E-state index in [9.17, 15) is 9.59 Å². The fraction of sp³-hybridized carbons (Fsp3) is 0.353. The number of esters is 1. The van der Waals surface area contributed by atoms with E-state index < -0.39 is 5.97 Å². The van der Waals surface area contributed by atoms with Crippen molar-refractivity contribution in [3.05, 3.63) is 46.1 Å². The van der Waals surface area contributed by atoms with Gasteiger partial charge in [-0.2, -0.15) is 4.37 Å². The van der Waals surface area contributed by atoms with E-state index in [1.165, 1.54) is 7.11 Å². The topological polar surface area (TPSA) is 71.5 Å². The van der Waals surface area contributed by atoms with Gasteiger partial charge in [0.1, 0.15) is 10.6 Å². The minimum atomic E-state index is -0.509. The lowest BCUT2D eigenvalue weighted by Gasteiger charge is -2.25. The Bertz CT molecular complexity index is 808. The molecule has 0 bridgehead atoms. The van der Waals surface area contributed by atoms with E-state index in [1.54, 1.807) is 11.8 Å². The zero-order chi connectivity index (χ0) is 18.0. The number of amides is 2. The van der Waals surface area contributed by atoms with Gasteiger partial charge in [-0.15, -0.1) is 0 Å². The van der Waals surface area contributed by atoms with Crippen LogP contribution in [0.25, 0.3) is 0 Å². The number of carbonyl (C=O) groups excluding carboxylic acids is 2. The average molecular weight is 380 g/mol. The number of benzene rings is 1. The number of urea groups is 1. The molecule has 0 unspecified atom stereocenters. The predicted octanol–water partition coefficient (Wildman–Crippen LogP) is 4.26. The van der Waals surface area contributed by atoms with Crippen molar-refractivity contribution in [3.8, 4) is 0 Å². The van der Waals surface area contributed by atoms with Crippen LogP contribution in [0.3, 0.4) is 0 Å². The van der Waals surface area contributed by atoms with Crippen LogP contribution in [0.2, 0.25) is 5.02 Å². The van der Waals surface area contributed by atoms with Crippen LogP contribution >= 0.6 is 23.1 Å². The van der Waals surface area contributed by atoms with Crippen molar-refractivity contribution < 1.29 is 14.3 Å². The molecule has 1 aliphatic heterocycles. The molecule has 1 aromatic carbocycles. The van der Waals surface area contributed by atoms with Gasteiger partial charge in [0, 0.05) is 11.6 Å². The average Bonchev–Trinajstić information content (AvgIpc) is 3.22. The Labute approximate surface area is 154 Å². The molecule has 0 aliphatic carbocycles. The van der Waals surface area contributed by atoms with E-state index in [-0.39, 0.29) is 12.1 Å². The molecule has 2 amide bonds. The maximum atomic E-state index is 12.8. The summed E-state index contributed by atoms with van der Waals surface area (Å²) in [7, 11) is 1.30. The number of nitrogens with zero attached hydrogens (tertiary/aromatic N) is 2. The summed E-state index contributed by atoms with van der Waals surface area (Å²) in [6.45, 7) is 2.34. The molecule has 1 atom stereocenters. The Hall–Kier alpha value is -2.12. The zero-order valence-electron chi connectivity index (χ0n) is 13.9. The summed E-state index contributed by atoms with van der Waals surface area (Å²) in [5, 5.41) is 3.86. The Kier molecular flexibility index (Phi) is 5.24. The van der Waals surface area contributed by atoms with Crippen molar-refractivity contribution in [2.45, 2.75) is 25.8 Å². The van der Waals surface area contributed by atoms with E-state index in [4.69, 9.17) is 16.3 Å². The molecular weight excluding hydrogens is 362 g/mol. The van der Waals surface area contributed by atoms with Gasteiger partial charge in [0.25, 0.3) is 0 Å². The van der Waals surface area contributed by atoms with Crippen LogP contribution in [0.5, 0.6) is 0 Å². The van der Waals surface area contributed by atoms with Gasteiger partial charge in [0.05, 0.1) is 18.8 Å². The van der Waals surface area contributed by atoms with Crippen LogP contribution in [-0.4, -0.2) is 34.9 Å². The number of halogens is 1. The third-order valence-electron chi connectivity index (χ3n) is 4.25. The Morgan fingerprint density at radius 1 is 1.40 bits per heavy atom. The molecule has 1 aromatic heterocycles. The van der Waals surface area contributed by atoms with Crippen LogP contribution in [0.15, 0.2) is 24.3 Å². The SMILES string of the molecule is COC(=O)c1c(C)nsc1NC(=O)N1CCC[C@H]1c1ccccc1Cl. The highest BCUT2D eigenvalue weighted by Gasteiger charge is 2.32. The van der Waals surface area contributed by atoms with Gasteiger partial charge in [0.2, 0.25) is 0 Å². The second kappa shape index (κ2) is 7.41. The number of likely N-dealkylation sites (tertiary alicyclic amines) is 1. The first-order chi connectivity index (χ1) is 12.0. The van der Waals surface area contributed by atoms with Gasteiger partial charge in [-0.25, -0.2) is 9.59 Å². The summed E-state index contributed by atoms with van der Waals surface area (Å²) >= 11 is 7.37. The maximum absolute atomic E-state index is 12.8. The van der Waals surface area contributed by atoms with E-state index in [0.29, 0.717) is 27.8 Å². The normalized spacial score (nSPS) is 16.8. The maximum Gasteiger partial charge on any atom is 0.342 e. The first kappa shape index (κ1) is 17.7. The summed E-state index contributed by atoms with van der Waals surface area (Å²) in [6.07, 6.45) is 1.75. The molecule has 1 fully saturated rings. The van der Waals surface area contributed by atoms with Gasteiger partial charge >= 0.3 is 12.0 Å². The number of hydrogen-bond donors (Lipinski definition) is 1. The van der Waals surface area contributed by atoms with E-state index in [2.05, 4.69) is 9.69 Å². The molecule has 0 saturated carbocycles. The van der Waals surface area contributed by atoms with Crippen LogP contribution in [0.1, 0.15) is 40.5 Å². The highest BCUT2D eigenvalue weighted by molar-refractivity contribution is 7.11. The number of rotatable bonds is 3. The largest absolute Gasteiger partial charge is 0.465 e. The Morgan fingerprint density at radius 3 is 2.88 bits per heavy atom. The van der Waals surface area contributed by atoms with Gasteiger partial charge in [-0.3, -0.25) is 5.32 Å². The van der Waals surface area contributed by atoms with Gasteiger partial charge < -0.3 is 9.64 Å². The fourth-order valence-electron chi connectivity index (χ4n) is 3.04. The number of nitrogens with one attached hydrogen (secondary N) is 1. The number of methoxy groups -OCH3 is 1. The summed E-state index contributed by atoms with van der Waals surface area (Å²) in [5.74, 6) is -0.509. The molecule has 1 saturated heterocycles. The molecule has 6 nitrogen and oxygen atoms in total. The third kappa shape index (κ3) is 3.48. The number of hydrogen-bond acceptors (Lipinski definition) is 5. The zero-order valence-corrected chi connectivity index (χ0v) is 15.5. The van der Waals surface area contributed by atoms with E-state index >= 15 is 0 Å². The van der Waals surface area contributed by atoms with Gasteiger partial charge in [-0.1, -0.05) is 29.8 Å². The lowest BCUT2D eigenvalue weighted by Crippen LogP contribution is -2.34. The Morgan fingerprint density at radius 2 is 2.16 bits per heavy atom. The van der Waals surface area contributed by atoms with Crippen LogP contribution in [0.4, 0.5) is 9.80 Å². The van der Waals surface area contributed by atoms with Crippen molar-refractivity contribution in [2.24, 2.45) is 0 Å². The fourth-order valence-corrected chi connectivity index (χ4v) is 4.08. The smallest absolute Gasteiger partial charge is 0.342 e. The lowest BCUT2D eigenvalue weighted by molar-refractivity contribution is 0.0601. The number of carbonyl (C=O) groups is 2. The molecule has 2 aromatic rings. The van der Waals surface area contributed by atoms with Crippen molar-refractivity contribution >= 4 is 40.1 Å². The van der Waals surface area contributed by atoms with Crippen LogP contribution in [-0.2, 0) is 4.74 Å². The number of aromatic nitrogens is 1. The minimum Gasteiger partial charge on any atom is -0.465 e. The second-order valence-electron chi connectivity index (χ2n) is 5.77. The van der Waals surface area contributed by atoms with E-state index in [1.807, 2.05) is 24.3 Å². The molecule has 8 heteroatoms. The lowest BCUT2D eigenvalue weighted by atomic mass is 10.0. The molecule has 1 N–H and O–H groups in total. The molecular formula is C17H18ClN3O3S. The number of anilines is 1. The van der Waals surface area contributed by atoms with Crippen molar-refractivity contribution in [1.29, 1.82) is 0 Å². The standard InChI is InChI=1S/C17H18ClN3O3S/c1-10-14(16(22)24-2)15(25-20-10)19-17(23)21-9-5-8-13(21)11-6-3-4-7-12(11)18/h3-4,6-7,13H,5,8-9H2,1-2H3,(H,19,23)/t13-/m0/s1. The molecule has 25 heavy (non-hydrogen) atoms. The monoisotopic (exact) mass is 379 g/mol. The summed E-state index contributed by atoms with van der Waals surface area (Å²) < 4.78 is 8.92. The minimum absolute atomic E-state index is 0.0794. The molecule has 0 radical (unpaired) electrons. The van der Waals surface area contributed by atoms with E-state index in [0.717, 1.165) is 29.9 Å². The van der Waals surface area contributed by atoms with Gasteiger partial charge in [0.15, 0.2) is 0 Å². The van der Waals surface area contributed by atoms with Gasteiger partial charge in [-0.05, 0) is 42.9 Å². The molecule has 132 valence electrons.